The van der Waals surface area contributed by atoms with Crippen LogP contribution in [0.25, 0.3) is 0 Å². The number of nitrogens with zero attached hydrogens (tertiary/aromatic N) is 2. The first-order valence-electron chi connectivity index (χ1n) is 8.37. The fourth-order valence-electron chi connectivity index (χ4n) is 3.16. The Labute approximate surface area is 120 Å². The van der Waals surface area contributed by atoms with Crippen LogP contribution in [0.5, 0.6) is 0 Å². The van der Waals surface area contributed by atoms with Crippen LogP contribution in [0.1, 0.15) is 52.9 Å². The van der Waals surface area contributed by atoms with E-state index < -0.39 is 0 Å². The fourth-order valence-corrected chi connectivity index (χ4v) is 3.16. The zero-order valence-corrected chi connectivity index (χ0v) is 13.6. The molecular formula is C16H35N3. The third kappa shape index (κ3) is 6.24. The van der Waals surface area contributed by atoms with E-state index in [0.717, 1.165) is 12.6 Å². The lowest BCUT2D eigenvalue weighted by atomic mass is 10.1. The molecule has 1 N–H and O–H groups in total. The van der Waals surface area contributed by atoms with Gasteiger partial charge in [0.2, 0.25) is 0 Å². The van der Waals surface area contributed by atoms with Gasteiger partial charge in [-0.2, -0.15) is 0 Å². The zero-order chi connectivity index (χ0) is 14.1. The molecular weight excluding hydrogens is 234 g/mol. The van der Waals surface area contributed by atoms with E-state index in [-0.39, 0.29) is 0 Å². The van der Waals surface area contributed by atoms with E-state index in [1.807, 2.05) is 0 Å². The van der Waals surface area contributed by atoms with Crippen molar-refractivity contribution in [2.75, 3.05) is 39.8 Å². The van der Waals surface area contributed by atoms with Gasteiger partial charge in [0.15, 0.2) is 0 Å². The summed E-state index contributed by atoms with van der Waals surface area (Å²) < 4.78 is 0. The van der Waals surface area contributed by atoms with Gasteiger partial charge in [-0.05, 0) is 52.4 Å². The van der Waals surface area contributed by atoms with Gasteiger partial charge in [0.25, 0.3) is 0 Å². The second kappa shape index (κ2) is 9.73. The third-order valence-electron chi connectivity index (χ3n) is 4.27. The van der Waals surface area contributed by atoms with Crippen molar-refractivity contribution in [3.05, 3.63) is 0 Å². The van der Waals surface area contributed by atoms with Gasteiger partial charge in [0.05, 0.1) is 0 Å². The summed E-state index contributed by atoms with van der Waals surface area (Å²) in [6.07, 6.45) is 6.42. The van der Waals surface area contributed by atoms with Gasteiger partial charge >= 0.3 is 0 Å². The van der Waals surface area contributed by atoms with Gasteiger partial charge in [-0.3, -0.25) is 4.90 Å². The molecule has 19 heavy (non-hydrogen) atoms. The molecule has 1 rings (SSSR count). The number of nitrogens with one attached hydrogen (secondary N) is 1. The SMILES string of the molecule is CCCNC(CCC)CN1CCCN(C)CC1CC. The second-order valence-electron chi connectivity index (χ2n) is 6.11. The third-order valence-corrected chi connectivity index (χ3v) is 4.27. The van der Waals surface area contributed by atoms with E-state index in [1.54, 1.807) is 0 Å². The maximum absolute atomic E-state index is 3.74. The average Bonchev–Trinajstić information content (AvgIpc) is 2.58. The van der Waals surface area contributed by atoms with Gasteiger partial charge in [-0.15, -0.1) is 0 Å². The van der Waals surface area contributed by atoms with E-state index in [9.17, 15) is 0 Å². The lowest BCUT2D eigenvalue weighted by Crippen LogP contribution is -2.47. The summed E-state index contributed by atoms with van der Waals surface area (Å²) in [7, 11) is 2.27. The van der Waals surface area contributed by atoms with Crippen molar-refractivity contribution >= 4 is 0 Å². The van der Waals surface area contributed by atoms with Crippen molar-refractivity contribution in [1.29, 1.82) is 0 Å². The summed E-state index contributed by atoms with van der Waals surface area (Å²) in [6.45, 7) is 13.1. The molecule has 0 aromatic carbocycles. The van der Waals surface area contributed by atoms with Gasteiger partial charge in [0, 0.05) is 25.2 Å². The predicted octanol–water partition coefficient (Wildman–Crippen LogP) is 2.57. The van der Waals surface area contributed by atoms with Crippen molar-refractivity contribution in [2.24, 2.45) is 0 Å². The van der Waals surface area contributed by atoms with Gasteiger partial charge < -0.3 is 10.2 Å². The maximum atomic E-state index is 3.74. The lowest BCUT2D eigenvalue weighted by Gasteiger charge is -2.33. The highest BCUT2D eigenvalue weighted by molar-refractivity contribution is 4.81. The summed E-state index contributed by atoms with van der Waals surface area (Å²) in [5.41, 5.74) is 0. The highest BCUT2D eigenvalue weighted by atomic mass is 15.2. The van der Waals surface area contributed by atoms with E-state index >= 15 is 0 Å². The molecule has 0 amide bonds. The van der Waals surface area contributed by atoms with Crippen LogP contribution >= 0.6 is 0 Å². The topological polar surface area (TPSA) is 18.5 Å². The first-order chi connectivity index (χ1) is 9.21. The molecule has 0 aromatic rings. The van der Waals surface area contributed by atoms with Crippen LogP contribution in [0.4, 0.5) is 0 Å². The summed E-state index contributed by atoms with van der Waals surface area (Å²) in [5.74, 6) is 0. The first kappa shape index (κ1) is 16.9. The van der Waals surface area contributed by atoms with Crippen molar-refractivity contribution in [3.63, 3.8) is 0 Å². The van der Waals surface area contributed by atoms with Crippen LogP contribution in [0.15, 0.2) is 0 Å². The summed E-state index contributed by atoms with van der Waals surface area (Å²) >= 11 is 0. The minimum atomic E-state index is 0.683. The highest BCUT2D eigenvalue weighted by Crippen LogP contribution is 2.13. The van der Waals surface area contributed by atoms with Crippen molar-refractivity contribution in [1.82, 2.24) is 15.1 Å². The Bertz CT molecular complexity index is 220. The van der Waals surface area contributed by atoms with Crippen molar-refractivity contribution in [3.8, 4) is 0 Å². The van der Waals surface area contributed by atoms with Crippen LogP contribution in [0.2, 0.25) is 0 Å². The Hall–Kier alpha value is -0.120. The Kier molecular flexibility index (Phi) is 8.67. The van der Waals surface area contributed by atoms with E-state index in [2.05, 4.69) is 42.9 Å². The minimum absolute atomic E-state index is 0.683. The lowest BCUT2D eigenvalue weighted by molar-refractivity contribution is 0.163. The van der Waals surface area contributed by atoms with Crippen molar-refractivity contribution in [2.45, 2.75) is 65.0 Å². The molecule has 2 atom stereocenters. The quantitative estimate of drug-likeness (QED) is 0.730. The van der Waals surface area contributed by atoms with Gasteiger partial charge in [-0.25, -0.2) is 0 Å². The molecule has 2 unspecified atom stereocenters. The van der Waals surface area contributed by atoms with E-state index in [4.69, 9.17) is 0 Å². The van der Waals surface area contributed by atoms with E-state index in [1.165, 1.54) is 58.3 Å². The molecule has 0 bridgehead atoms. The molecule has 0 radical (unpaired) electrons. The predicted molar refractivity (Wildman–Crippen MR) is 84.8 cm³/mol. The number of rotatable bonds is 8. The Balaban J connectivity index is 2.52. The highest BCUT2D eigenvalue weighted by Gasteiger charge is 2.23. The molecule has 1 saturated heterocycles. The molecule has 1 aliphatic heterocycles. The van der Waals surface area contributed by atoms with Crippen LogP contribution in [-0.4, -0.2) is 61.7 Å². The molecule has 114 valence electrons. The maximum Gasteiger partial charge on any atom is 0.0221 e. The van der Waals surface area contributed by atoms with Gasteiger partial charge in [-0.1, -0.05) is 27.2 Å². The normalized spacial score (nSPS) is 24.3. The molecule has 3 heteroatoms. The van der Waals surface area contributed by atoms with Crippen LogP contribution in [0, 0.1) is 0 Å². The fraction of sp³-hybridized carbons (Fsp3) is 1.00. The summed E-state index contributed by atoms with van der Waals surface area (Å²) in [6, 6.07) is 1.43. The monoisotopic (exact) mass is 269 g/mol. The Morgan fingerprint density at radius 1 is 1.16 bits per heavy atom. The first-order valence-corrected chi connectivity index (χ1v) is 8.37. The molecule has 1 fully saturated rings. The number of likely N-dealkylation sites (N-methyl/N-ethyl adjacent to an activating group) is 1. The van der Waals surface area contributed by atoms with Crippen LogP contribution in [-0.2, 0) is 0 Å². The second-order valence-corrected chi connectivity index (χ2v) is 6.11. The summed E-state index contributed by atoms with van der Waals surface area (Å²) in [5, 5.41) is 3.74. The number of hydrogen-bond donors (Lipinski definition) is 1. The van der Waals surface area contributed by atoms with Crippen LogP contribution in [0.3, 0.4) is 0 Å². The largest absolute Gasteiger partial charge is 0.313 e. The zero-order valence-electron chi connectivity index (χ0n) is 13.6. The average molecular weight is 269 g/mol. The number of hydrogen-bond acceptors (Lipinski definition) is 3. The van der Waals surface area contributed by atoms with Crippen molar-refractivity contribution < 1.29 is 0 Å². The smallest absolute Gasteiger partial charge is 0.0221 e. The standard InChI is InChI=1S/C16H35N3/c1-5-9-15(17-10-6-2)13-19-12-8-11-18(4)14-16(19)7-3/h15-17H,5-14H2,1-4H3. The summed E-state index contributed by atoms with van der Waals surface area (Å²) in [4.78, 5) is 5.24. The van der Waals surface area contributed by atoms with E-state index in [0.29, 0.717) is 6.04 Å². The molecule has 3 nitrogen and oxygen atoms in total. The van der Waals surface area contributed by atoms with Crippen LogP contribution < -0.4 is 5.32 Å². The molecule has 1 heterocycles. The minimum Gasteiger partial charge on any atom is -0.313 e. The Morgan fingerprint density at radius 3 is 2.58 bits per heavy atom. The molecule has 0 aliphatic carbocycles. The Morgan fingerprint density at radius 2 is 1.95 bits per heavy atom. The molecule has 0 saturated carbocycles. The molecule has 1 aliphatic rings. The molecule has 0 aromatic heterocycles. The van der Waals surface area contributed by atoms with Gasteiger partial charge in [0.1, 0.15) is 0 Å². The molecule has 0 spiro atoms.